The van der Waals surface area contributed by atoms with Gasteiger partial charge in [-0.1, -0.05) is 53.5 Å². The van der Waals surface area contributed by atoms with Crippen molar-refractivity contribution in [3.63, 3.8) is 0 Å². The van der Waals surface area contributed by atoms with E-state index in [1.165, 1.54) is 0 Å². The fourth-order valence-corrected chi connectivity index (χ4v) is 2.69. The third-order valence-electron chi connectivity index (χ3n) is 3.68. The van der Waals surface area contributed by atoms with E-state index >= 15 is 0 Å². The molecular formula is C20H15Cl2NO. The van der Waals surface area contributed by atoms with Gasteiger partial charge in [-0.15, -0.1) is 0 Å². The number of carbonyl (C=O) groups excluding carboxylic acids is 1. The molecule has 1 atom stereocenters. The molecule has 24 heavy (non-hydrogen) atoms. The van der Waals surface area contributed by atoms with Gasteiger partial charge in [0.05, 0.1) is 0 Å². The highest BCUT2D eigenvalue weighted by Gasteiger charge is 2.22. The van der Waals surface area contributed by atoms with E-state index in [1.54, 1.807) is 36.4 Å². The van der Waals surface area contributed by atoms with Crippen LogP contribution in [0.1, 0.15) is 22.0 Å². The Hall–Kier alpha value is -2.29. The molecule has 0 radical (unpaired) electrons. The maximum Gasteiger partial charge on any atom is 0.189 e. The lowest BCUT2D eigenvalue weighted by Crippen LogP contribution is -2.21. The SMILES string of the molecule is O=C(c1ccc(Cl)cc1)[C@@H](Nc1ccccc1)c1ccc(Cl)cc1. The van der Waals surface area contributed by atoms with Crippen molar-refractivity contribution in [3.8, 4) is 0 Å². The number of ketones is 1. The van der Waals surface area contributed by atoms with Crippen molar-refractivity contribution in [2.75, 3.05) is 5.32 Å². The molecule has 0 aliphatic rings. The Kier molecular flexibility index (Phi) is 5.19. The third kappa shape index (κ3) is 3.97. The lowest BCUT2D eigenvalue weighted by molar-refractivity contribution is 0.0969. The minimum Gasteiger partial charge on any atom is -0.371 e. The number of para-hydroxylation sites is 1. The molecule has 3 aromatic rings. The smallest absolute Gasteiger partial charge is 0.189 e. The first-order valence-corrected chi connectivity index (χ1v) is 8.26. The van der Waals surface area contributed by atoms with Crippen molar-refractivity contribution in [3.05, 3.63) is 100 Å². The molecule has 120 valence electrons. The van der Waals surface area contributed by atoms with Crippen LogP contribution in [-0.2, 0) is 0 Å². The Balaban J connectivity index is 1.96. The van der Waals surface area contributed by atoms with E-state index in [9.17, 15) is 4.79 Å². The molecule has 0 aromatic heterocycles. The summed E-state index contributed by atoms with van der Waals surface area (Å²) in [5.74, 6) is -0.0298. The maximum absolute atomic E-state index is 13.0. The average Bonchev–Trinajstić information content (AvgIpc) is 2.62. The van der Waals surface area contributed by atoms with E-state index in [1.807, 2.05) is 42.5 Å². The summed E-state index contributed by atoms with van der Waals surface area (Å²) in [6, 6.07) is 23.3. The number of hydrogen-bond acceptors (Lipinski definition) is 2. The second-order valence-electron chi connectivity index (χ2n) is 5.37. The van der Waals surface area contributed by atoms with Crippen LogP contribution in [0.25, 0.3) is 0 Å². The molecule has 0 aliphatic carbocycles. The molecule has 1 N–H and O–H groups in total. The Morgan fingerprint density at radius 2 is 1.29 bits per heavy atom. The van der Waals surface area contributed by atoms with E-state index in [0.717, 1.165) is 11.3 Å². The van der Waals surface area contributed by atoms with Crippen molar-refractivity contribution in [1.82, 2.24) is 0 Å². The molecule has 0 amide bonds. The van der Waals surface area contributed by atoms with Gasteiger partial charge in [0, 0.05) is 21.3 Å². The van der Waals surface area contributed by atoms with Crippen LogP contribution in [0.2, 0.25) is 10.0 Å². The largest absolute Gasteiger partial charge is 0.371 e. The van der Waals surface area contributed by atoms with E-state index < -0.39 is 6.04 Å². The number of halogens is 2. The van der Waals surface area contributed by atoms with Crippen LogP contribution in [0.4, 0.5) is 5.69 Å². The Bertz CT molecular complexity index is 815. The summed E-state index contributed by atoms with van der Waals surface area (Å²) in [6.45, 7) is 0. The van der Waals surface area contributed by atoms with Gasteiger partial charge in [-0.05, 0) is 54.1 Å². The zero-order valence-electron chi connectivity index (χ0n) is 12.7. The highest BCUT2D eigenvalue weighted by atomic mass is 35.5. The van der Waals surface area contributed by atoms with Crippen LogP contribution in [0, 0.1) is 0 Å². The number of benzene rings is 3. The molecule has 0 spiro atoms. The highest BCUT2D eigenvalue weighted by molar-refractivity contribution is 6.31. The third-order valence-corrected chi connectivity index (χ3v) is 4.18. The standard InChI is InChI=1S/C20H15Cl2NO/c21-16-10-6-14(7-11-16)19(23-18-4-2-1-3-5-18)20(24)15-8-12-17(22)13-9-15/h1-13,19,23H/t19-/m0/s1. The number of hydrogen-bond donors (Lipinski definition) is 1. The van der Waals surface area contributed by atoms with E-state index in [0.29, 0.717) is 15.6 Å². The van der Waals surface area contributed by atoms with Gasteiger partial charge in [0.25, 0.3) is 0 Å². The zero-order valence-corrected chi connectivity index (χ0v) is 14.3. The monoisotopic (exact) mass is 355 g/mol. The van der Waals surface area contributed by atoms with E-state index in [4.69, 9.17) is 23.2 Å². The molecule has 3 rings (SSSR count). The van der Waals surface area contributed by atoms with Gasteiger partial charge in [0.2, 0.25) is 0 Å². The normalized spacial score (nSPS) is 11.8. The molecule has 0 saturated carbocycles. The summed E-state index contributed by atoms with van der Waals surface area (Å²) in [5, 5.41) is 4.54. The van der Waals surface area contributed by atoms with Crippen molar-refractivity contribution >= 4 is 34.7 Å². The molecule has 0 aliphatic heterocycles. The molecule has 0 heterocycles. The fourth-order valence-electron chi connectivity index (χ4n) is 2.44. The first-order chi connectivity index (χ1) is 11.6. The first-order valence-electron chi connectivity index (χ1n) is 7.50. The van der Waals surface area contributed by atoms with E-state index in [2.05, 4.69) is 5.32 Å². The molecular weight excluding hydrogens is 341 g/mol. The molecule has 3 aromatic carbocycles. The average molecular weight is 356 g/mol. The van der Waals surface area contributed by atoms with Gasteiger partial charge in [-0.25, -0.2) is 0 Å². The minimum absolute atomic E-state index is 0.0298. The second-order valence-corrected chi connectivity index (χ2v) is 6.24. The van der Waals surface area contributed by atoms with Gasteiger partial charge in [-0.3, -0.25) is 4.79 Å². The van der Waals surface area contributed by atoms with Crippen LogP contribution in [0.5, 0.6) is 0 Å². The van der Waals surface area contributed by atoms with Gasteiger partial charge < -0.3 is 5.32 Å². The number of anilines is 1. The summed E-state index contributed by atoms with van der Waals surface area (Å²) in [7, 11) is 0. The number of rotatable bonds is 5. The quantitative estimate of drug-likeness (QED) is 0.566. The van der Waals surface area contributed by atoms with Gasteiger partial charge in [0.15, 0.2) is 5.78 Å². The minimum atomic E-state index is -0.508. The molecule has 0 unspecified atom stereocenters. The number of Topliss-reactive ketones (excluding diaryl/α,β-unsaturated/α-hetero) is 1. The Labute approximate surface area is 151 Å². The molecule has 2 nitrogen and oxygen atoms in total. The summed E-state index contributed by atoms with van der Waals surface area (Å²) in [6.07, 6.45) is 0. The highest BCUT2D eigenvalue weighted by Crippen LogP contribution is 2.25. The van der Waals surface area contributed by atoms with Crippen LogP contribution in [0.3, 0.4) is 0 Å². The summed E-state index contributed by atoms with van der Waals surface area (Å²) in [5.41, 5.74) is 2.32. The number of nitrogens with one attached hydrogen (secondary N) is 1. The topological polar surface area (TPSA) is 29.1 Å². The Morgan fingerprint density at radius 3 is 1.88 bits per heavy atom. The predicted octanol–water partition coefficient (Wildman–Crippen LogP) is 6.03. The molecule has 4 heteroatoms. The summed E-state index contributed by atoms with van der Waals surface area (Å²) in [4.78, 5) is 13.0. The maximum atomic E-state index is 13.0. The number of carbonyl (C=O) groups is 1. The van der Waals surface area contributed by atoms with Crippen LogP contribution in [-0.4, -0.2) is 5.78 Å². The molecule has 0 fully saturated rings. The summed E-state index contributed by atoms with van der Waals surface area (Å²) >= 11 is 11.9. The molecule has 0 bridgehead atoms. The van der Waals surface area contributed by atoms with Crippen LogP contribution < -0.4 is 5.32 Å². The zero-order chi connectivity index (χ0) is 16.9. The van der Waals surface area contributed by atoms with Gasteiger partial charge in [0.1, 0.15) is 6.04 Å². The molecule has 0 saturated heterocycles. The first kappa shape index (κ1) is 16.6. The van der Waals surface area contributed by atoms with E-state index in [-0.39, 0.29) is 5.78 Å². The van der Waals surface area contributed by atoms with Crippen molar-refractivity contribution < 1.29 is 4.79 Å². The van der Waals surface area contributed by atoms with Gasteiger partial charge in [-0.2, -0.15) is 0 Å². The second kappa shape index (κ2) is 7.52. The lowest BCUT2D eigenvalue weighted by atomic mass is 9.97. The van der Waals surface area contributed by atoms with Crippen molar-refractivity contribution in [2.45, 2.75) is 6.04 Å². The lowest BCUT2D eigenvalue weighted by Gasteiger charge is -2.19. The van der Waals surface area contributed by atoms with Crippen molar-refractivity contribution in [1.29, 1.82) is 0 Å². The predicted molar refractivity (Wildman–Crippen MR) is 100 cm³/mol. The fraction of sp³-hybridized carbons (Fsp3) is 0.0500. The van der Waals surface area contributed by atoms with Crippen LogP contribution in [0.15, 0.2) is 78.9 Å². The van der Waals surface area contributed by atoms with Gasteiger partial charge >= 0.3 is 0 Å². The van der Waals surface area contributed by atoms with Crippen LogP contribution >= 0.6 is 23.2 Å². The summed E-state index contributed by atoms with van der Waals surface area (Å²) < 4.78 is 0. The Morgan fingerprint density at radius 1 is 0.750 bits per heavy atom. The van der Waals surface area contributed by atoms with Crippen molar-refractivity contribution in [2.24, 2.45) is 0 Å².